The van der Waals surface area contributed by atoms with Crippen molar-refractivity contribution in [2.45, 2.75) is 25.0 Å². The van der Waals surface area contributed by atoms with Gasteiger partial charge in [0.2, 0.25) is 5.79 Å². The van der Waals surface area contributed by atoms with E-state index in [1.54, 1.807) is 0 Å². The van der Waals surface area contributed by atoms with Crippen LogP contribution in [0.3, 0.4) is 0 Å². The summed E-state index contributed by atoms with van der Waals surface area (Å²) in [5.74, 6) is -0.177. The summed E-state index contributed by atoms with van der Waals surface area (Å²) in [4.78, 5) is 9.54. The fraction of sp³-hybridized carbons (Fsp3) is 0.583. The number of hydrogen-bond acceptors (Lipinski definition) is 3. The fourth-order valence-electron chi connectivity index (χ4n) is 2.72. The molecule has 15 heavy (non-hydrogen) atoms. The maximum Gasteiger partial charge on any atom is 0.209 e. The highest BCUT2D eigenvalue weighted by atomic mass is 15.5. The first kappa shape index (κ1) is 9.16. The normalized spacial score (nSPS) is 34.8. The van der Waals surface area contributed by atoms with Crippen LogP contribution in [-0.2, 0) is 0 Å². The molecule has 1 saturated heterocycles. The molecule has 1 fully saturated rings. The minimum Gasteiger partial charge on any atom is -0.338 e. The molecule has 3 heterocycles. The highest BCUT2D eigenvalue weighted by Gasteiger charge is 2.41. The van der Waals surface area contributed by atoms with Gasteiger partial charge >= 0.3 is 0 Å². The van der Waals surface area contributed by atoms with Crippen molar-refractivity contribution in [2.75, 3.05) is 19.6 Å². The third-order valence-electron chi connectivity index (χ3n) is 3.49. The number of rotatable bonds is 2. The quantitative estimate of drug-likeness (QED) is 0.679. The van der Waals surface area contributed by atoms with E-state index in [1.807, 2.05) is 6.21 Å². The molecule has 3 rings (SSSR count). The Morgan fingerprint density at radius 2 is 2.00 bits per heavy atom. The zero-order valence-corrected chi connectivity index (χ0v) is 8.97. The van der Waals surface area contributed by atoms with Crippen LogP contribution in [0.2, 0.25) is 0 Å². The molecule has 3 heteroatoms. The van der Waals surface area contributed by atoms with Crippen molar-refractivity contribution < 1.29 is 0 Å². The Hall–Kier alpha value is -1.09. The first-order valence-corrected chi connectivity index (χ1v) is 5.83. The van der Waals surface area contributed by atoms with Crippen molar-refractivity contribution in [2.24, 2.45) is 4.99 Å². The molecular weight excluding hydrogens is 186 g/mol. The van der Waals surface area contributed by atoms with Crippen LogP contribution in [-0.4, -0.2) is 41.4 Å². The maximum absolute atomic E-state index is 4.70. The number of nitrogens with zero attached hydrogens (tertiary/aromatic N) is 3. The molecule has 0 spiro atoms. The predicted molar refractivity (Wildman–Crippen MR) is 61.6 cm³/mol. The SMILES string of the molecule is C1=CC(N2C=CCC2)(N2CCCC2)N=C1. The molecule has 0 aromatic carbocycles. The van der Waals surface area contributed by atoms with E-state index in [2.05, 4.69) is 34.2 Å². The molecule has 3 nitrogen and oxygen atoms in total. The zero-order valence-electron chi connectivity index (χ0n) is 8.97. The third-order valence-corrected chi connectivity index (χ3v) is 3.49. The average Bonchev–Trinajstić information content (AvgIpc) is 3.02. The van der Waals surface area contributed by atoms with Gasteiger partial charge in [0.05, 0.1) is 0 Å². The van der Waals surface area contributed by atoms with Crippen molar-refractivity contribution in [3.8, 4) is 0 Å². The van der Waals surface area contributed by atoms with Crippen molar-refractivity contribution >= 4 is 6.21 Å². The van der Waals surface area contributed by atoms with E-state index in [0.717, 1.165) is 13.0 Å². The monoisotopic (exact) mass is 203 g/mol. The number of hydrogen-bond donors (Lipinski definition) is 0. The molecule has 3 aliphatic rings. The average molecular weight is 203 g/mol. The summed E-state index contributed by atoms with van der Waals surface area (Å²) in [6.45, 7) is 3.44. The topological polar surface area (TPSA) is 18.8 Å². The second-order valence-electron chi connectivity index (χ2n) is 4.39. The van der Waals surface area contributed by atoms with Gasteiger partial charge in [-0.25, -0.2) is 4.99 Å². The molecule has 1 unspecified atom stereocenters. The summed E-state index contributed by atoms with van der Waals surface area (Å²) in [5, 5.41) is 0. The Morgan fingerprint density at radius 3 is 2.60 bits per heavy atom. The standard InChI is InChI=1S/C12H17N3/c1-2-9-14(8-1)12(6-5-7-13-12)15-10-3-4-11-15/h1,5-8H,2-4,9-11H2. The molecule has 0 amide bonds. The van der Waals surface area contributed by atoms with Crippen LogP contribution in [0.5, 0.6) is 0 Å². The van der Waals surface area contributed by atoms with Crippen molar-refractivity contribution in [1.82, 2.24) is 9.80 Å². The lowest BCUT2D eigenvalue weighted by molar-refractivity contribution is 0.0425. The molecule has 3 aliphatic heterocycles. The van der Waals surface area contributed by atoms with Crippen LogP contribution in [0.1, 0.15) is 19.3 Å². The molecule has 1 atom stereocenters. The molecule has 0 N–H and O–H groups in total. The van der Waals surface area contributed by atoms with Gasteiger partial charge in [-0.15, -0.1) is 0 Å². The number of allylic oxidation sites excluding steroid dienone is 1. The molecule has 0 bridgehead atoms. The molecule has 0 aromatic heterocycles. The summed E-state index contributed by atoms with van der Waals surface area (Å²) in [5.41, 5.74) is 0. The van der Waals surface area contributed by atoms with Gasteiger partial charge in [-0.3, -0.25) is 4.90 Å². The van der Waals surface area contributed by atoms with Crippen LogP contribution in [0.25, 0.3) is 0 Å². The Kier molecular flexibility index (Phi) is 2.13. The van der Waals surface area contributed by atoms with Gasteiger partial charge in [-0.05, 0) is 37.6 Å². The van der Waals surface area contributed by atoms with E-state index in [1.165, 1.54) is 25.9 Å². The summed E-state index contributed by atoms with van der Waals surface area (Å²) < 4.78 is 0. The minimum absolute atomic E-state index is 0.177. The van der Waals surface area contributed by atoms with Crippen LogP contribution >= 0.6 is 0 Å². The molecular formula is C12H17N3. The van der Waals surface area contributed by atoms with Crippen molar-refractivity contribution in [1.29, 1.82) is 0 Å². The van der Waals surface area contributed by atoms with E-state index < -0.39 is 0 Å². The summed E-state index contributed by atoms with van der Waals surface area (Å²) in [6.07, 6.45) is 14.4. The maximum atomic E-state index is 4.70. The van der Waals surface area contributed by atoms with Gasteiger partial charge in [-0.2, -0.15) is 0 Å². The highest BCUT2D eigenvalue weighted by molar-refractivity contribution is 5.75. The lowest BCUT2D eigenvalue weighted by Crippen LogP contribution is -2.54. The lowest BCUT2D eigenvalue weighted by atomic mass is 10.2. The van der Waals surface area contributed by atoms with E-state index >= 15 is 0 Å². The Labute approximate surface area is 90.8 Å². The van der Waals surface area contributed by atoms with Gasteiger partial charge in [0.15, 0.2) is 0 Å². The fourth-order valence-corrected chi connectivity index (χ4v) is 2.72. The van der Waals surface area contributed by atoms with E-state index in [0.29, 0.717) is 0 Å². The smallest absolute Gasteiger partial charge is 0.209 e. The van der Waals surface area contributed by atoms with Crippen LogP contribution in [0.4, 0.5) is 0 Å². The van der Waals surface area contributed by atoms with E-state index in [-0.39, 0.29) is 5.79 Å². The van der Waals surface area contributed by atoms with Crippen molar-refractivity contribution in [3.05, 3.63) is 24.4 Å². The number of aliphatic imine (C=N–C) groups is 1. The van der Waals surface area contributed by atoms with E-state index in [4.69, 9.17) is 4.99 Å². The second kappa shape index (κ2) is 3.49. The zero-order chi connectivity index (χ0) is 10.1. The number of likely N-dealkylation sites (tertiary alicyclic amines) is 1. The van der Waals surface area contributed by atoms with Gasteiger partial charge in [-0.1, -0.05) is 6.08 Å². The minimum atomic E-state index is -0.177. The summed E-state index contributed by atoms with van der Waals surface area (Å²) in [6, 6.07) is 0. The first-order valence-electron chi connectivity index (χ1n) is 5.83. The van der Waals surface area contributed by atoms with Gasteiger partial charge < -0.3 is 4.90 Å². The molecule has 0 aliphatic carbocycles. The highest BCUT2D eigenvalue weighted by Crippen LogP contribution is 2.32. The summed E-state index contributed by atoms with van der Waals surface area (Å²) in [7, 11) is 0. The Balaban J connectivity index is 1.90. The predicted octanol–water partition coefficient (Wildman–Crippen LogP) is 1.60. The second-order valence-corrected chi connectivity index (χ2v) is 4.39. The van der Waals surface area contributed by atoms with Crippen LogP contribution in [0.15, 0.2) is 29.4 Å². The lowest BCUT2D eigenvalue weighted by Gasteiger charge is -2.41. The van der Waals surface area contributed by atoms with Crippen molar-refractivity contribution in [3.63, 3.8) is 0 Å². The van der Waals surface area contributed by atoms with E-state index in [9.17, 15) is 0 Å². The molecule has 0 saturated carbocycles. The van der Waals surface area contributed by atoms with Gasteiger partial charge in [0.1, 0.15) is 0 Å². The van der Waals surface area contributed by atoms with Crippen LogP contribution < -0.4 is 0 Å². The van der Waals surface area contributed by atoms with Crippen LogP contribution in [0, 0.1) is 0 Å². The molecule has 0 radical (unpaired) electrons. The first-order chi connectivity index (χ1) is 7.42. The Morgan fingerprint density at radius 1 is 1.13 bits per heavy atom. The van der Waals surface area contributed by atoms with Gasteiger partial charge in [0, 0.05) is 25.8 Å². The largest absolute Gasteiger partial charge is 0.338 e. The molecule has 0 aromatic rings. The third kappa shape index (κ3) is 1.34. The summed E-state index contributed by atoms with van der Waals surface area (Å²) >= 11 is 0. The molecule has 80 valence electrons. The van der Waals surface area contributed by atoms with Gasteiger partial charge in [0.25, 0.3) is 0 Å². The Bertz CT molecular complexity index is 312.